The fourth-order valence-corrected chi connectivity index (χ4v) is 7.40. The monoisotopic (exact) mass is 824 g/mol. The number of rotatable bonds is 18. The summed E-state index contributed by atoms with van der Waals surface area (Å²) in [4.78, 5) is 69.9. The van der Waals surface area contributed by atoms with Gasteiger partial charge in [0.1, 0.15) is 25.3 Å². The van der Waals surface area contributed by atoms with E-state index in [1.54, 1.807) is 64.1 Å². The van der Waals surface area contributed by atoms with Crippen molar-refractivity contribution < 1.29 is 41.8 Å². The van der Waals surface area contributed by atoms with Crippen LogP contribution in [0.4, 0.5) is 21.4 Å². The van der Waals surface area contributed by atoms with E-state index in [2.05, 4.69) is 40.6 Å². The van der Waals surface area contributed by atoms with Gasteiger partial charge in [-0.05, 0) is 51.8 Å². The molecule has 0 saturated heterocycles. The highest BCUT2D eigenvalue weighted by Gasteiger charge is 2.24. The van der Waals surface area contributed by atoms with Gasteiger partial charge in [-0.15, -0.1) is 11.3 Å². The molecule has 4 N–H and O–H groups in total. The summed E-state index contributed by atoms with van der Waals surface area (Å²) < 4.78 is 46.3. The van der Waals surface area contributed by atoms with Crippen LogP contribution in [0.2, 0.25) is 0 Å². The van der Waals surface area contributed by atoms with Crippen molar-refractivity contribution in [3.05, 3.63) is 66.5 Å². The summed E-state index contributed by atoms with van der Waals surface area (Å²) in [6, 6.07) is 16.1. The van der Waals surface area contributed by atoms with Crippen LogP contribution in [0.1, 0.15) is 39.7 Å². The second-order valence-electron chi connectivity index (χ2n) is 13.3. The van der Waals surface area contributed by atoms with Crippen LogP contribution >= 0.6 is 11.3 Å². The van der Waals surface area contributed by atoms with Gasteiger partial charge in [-0.1, -0.05) is 42.5 Å². The first-order valence-electron chi connectivity index (χ1n) is 17.9. The molecule has 0 spiro atoms. The van der Waals surface area contributed by atoms with Gasteiger partial charge in [0.2, 0.25) is 16.2 Å². The summed E-state index contributed by atoms with van der Waals surface area (Å²) in [5.41, 5.74) is 0.944. The number of amides is 3. The van der Waals surface area contributed by atoms with E-state index in [1.807, 2.05) is 18.2 Å². The molecule has 0 aliphatic heterocycles. The number of imidazole rings is 1. The van der Waals surface area contributed by atoms with E-state index in [4.69, 9.17) is 14.2 Å². The van der Waals surface area contributed by atoms with Crippen molar-refractivity contribution in [2.24, 2.45) is 0 Å². The molecule has 0 radical (unpaired) electrons. The zero-order valence-corrected chi connectivity index (χ0v) is 33.4. The molecule has 0 saturated carbocycles. The Balaban J connectivity index is 1.31. The number of esters is 1. The van der Waals surface area contributed by atoms with Crippen LogP contribution in [-0.4, -0.2) is 107 Å². The van der Waals surface area contributed by atoms with Crippen molar-refractivity contribution in [3.63, 3.8) is 0 Å². The van der Waals surface area contributed by atoms with Crippen LogP contribution in [0, 0.1) is 0 Å². The van der Waals surface area contributed by atoms with Crippen LogP contribution in [0.3, 0.4) is 0 Å². The first-order valence-corrected chi connectivity index (χ1v) is 20.2. The Hall–Kier alpha value is -5.93. The molecule has 2 aromatic carbocycles. The molecule has 5 aromatic rings. The highest BCUT2D eigenvalue weighted by molar-refractivity contribution is 7.91. The number of hydrogen-bond donors (Lipinski definition) is 4. The minimum Gasteiger partial charge on any atom is -0.465 e. The van der Waals surface area contributed by atoms with Gasteiger partial charge in [0.25, 0.3) is 10.0 Å². The number of carbonyl (C=O) groups is 4. The predicted molar refractivity (Wildman–Crippen MR) is 211 cm³/mol. The largest absolute Gasteiger partial charge is 0.465 e. The minimum atomic E-state index is -4.03. The average Bonchev–Trinajstić information content (AvgIpc) is 3.78. The van der Waals surface area contributed by atoms with Crippen LogP contribution in [0.5, 0.6) is 0 Å². The number of para-hydroxylation sites is 1. The second-order valence-corrected chi connectivity index (χ2v) is 16.3. The molecule has 0 bridgehead atoms. The zero-order chi connectivity index (χ0) is 41.0. The topological polar surface area (TPSA) is 238 Å². The first kappa shape index (κ1) is 42.2. The normalized spacial score (nSPS) is 11.6. The molecule has 0 fully saturated rings. The van der Waals surface area contributed by atoms with E-state index in [9.17, 15) is 27.6 Å². The van der Waals surface area contributed by atoms with Crippen LogP contribution in [0.25, 0.3) is 21.4 Å². The first-order chi connectivity index (χ1) is 27.2. The number of aromatic nitrogens is 5. The highest BCUT2D eigenvalue weighted by atomic mass is 32.2. The van der Waals surface area contributed by atoms with E-state index < -0.39 is 46.2 Å². The van der Waals surface area contributed by atoms with Gasteiger partial charge in [-0.2, -0.15) is 9.97 Å². The molecule has 0 aliphatic carbocycles. The molecule has 3 heterocycles. The van der Waals surface area contributed by atoms with Crippen LogP contribution in [-0.2, 0) is 47.0 Å². The van der Waals surface area contributed by atoms with Gasteiger partial charge in [0.05, 0.1) is 23.2 Å². The lowest BCUT2D eigenvalue weighted by Crippen LogP contribution is -2.43. The Morgan fingerprint density at radius 1 is 0.912 bits per heavy atom. The van der Waals surface area contributed by atoms with Crippen molar-refractivity contribution >= 4 is 78.6 Å². The molecule has 21 heteroatoms. The molecule has 19 nitrogen and oxygen atoms in total. The highest BCUT2D eigenvalue weighted by Crippen LogP contribution is 2.25. The summed E-state index contributed by atoms with van der Waals surface area (Å²) in [5, 5.41) is 8.32. The van der Waals surface area contributed by atoms with E-state index in [1.165, 1.54) is 10.9 Å². The van der Waals surface area contributed by atoms with E-state index in [-0.39, 0.29) is 66.7 Å². The number of anilines is 2. The van der Waals surface area contributed by atoms with Crippen molar-refractivity contribution in [1.29, 1.82) is 0 Å². The number of thiazole rings is 1. The van der Waals surface area contributed by atoms with E-state index in [0.29, 0.717) is 23.2 Å². The lowest BCUT2D eigenvalue weighted by Gasteiger charge is -2.22. The maximum Gasteiger partial charge on any atom is 0.413 e. The number of carbonyl (C=O) groups excluding carboxylic acids is 4. The number of sulfonamides is 1. The van der Waals surface area contributed by atoms with Crippen molar-refractivity contribution in [1.82, 2.24) is 39.4 Å². The number of ether oxygens (including phenoxy) is 3. The molecular formula is C36H44N10O9S2. The minimum absolute atomic E-state index is 0.00729. The third-order valence-corrected chi connectivity index (χ3v) is 10.5. The standard InChI is InChI=1S/C36H44N10O9S2/c1-5-53-28(48)21-45(19-18-40-57(51,52)35-41-25-14-9-10-15-26(25)56-35)27(47)20-46-23-39-29-30(43-34(50)54-22-24-12-7-6-8-13-24)42-32(44-31(29)46)37-16-11-17-38-33(49)55-36(2,3)4/h6-10,12-15,23,40H,5,11,16-22H2,1-4H3,(H,38,49)(H2,37,42,43,44,50). The Bertz CT molecular complexity index is 2260. The summed E-state index contributed by atoms with van der Waals surface area (Å²) in [6.45, 7) is 6.30. The van der Waals surface area contributed by atoms with E-state index >= 15 is 0 Å². The quantitative estimate of drug-likeness (QED) is 0.0558. The predicted octanol–water partition coefficient (Wildman–Crippen LogP) is 3.88. The summed E-state index contributed by atoms with van der Waals surface area (Å²) in [5.74, 6) is -1.21. The van der Waals surface area contributed by atoms with Crippen molar-refractivity contribution in [2.45, 2.75) is 57.2 Å². The third-order valence-electron chi connectivity index (χ3n) is 7.66. The number of nitrogens with one attached hydrogen (secondary N) is 4. The fraction of sp³-hybridized carbons (Fsp3) is 0.389. The number of nitrogens with zero attached hydrogens (tertiary/aromatic N) is 6. The average molecular weight is 825 g/mol. The molecule has 304 valence electrons. The van der Waals surface area contributed by atoms with Crippen LogP contribution in [0.15, 0.2) is 65.3 Å². The van der Waals surface area contributed by atoms with Gasteiger partial charge in [-0.3, -0.25) is 14.9 Å². The number of fused-ring (bicyclic) bond motifs is 2. The third kappa shape index (κ3) is 12.5. The Morgan fingerprint density at radius 2 is 1.67 bits per heavy atom. The number of hydrogen-bond acceptors (Lipinski definition) is 15. The summed E-state index contributed by atoms with van der Waals surface area (Å²) >= 11 is 1.01. The number of alkyl carbamates (subject to hydrolysis) is 1. The van der Waals surface area contributed by atoms with Gasteiger partial charge >= 0.3 is 18.2 Å². The SMILES string of the molecule is CCOC(=O)CN(CCNS(=O)(=O)c1nc2ccccc2s1)C(=O)Cn1cnc2c(NC(=O)OCc3ccccc3)nc(NCCCNC(=O)OC(C)(C)C)nc21. The molecule has 0 unspecified atom stereocenters. The maximum atomic E-state index is 13.8. The summed E-state index contributed by atoms with van der Waals surface area (Å²) in [6.07, 6.45) is 0.402. The molecule has 3 aromatic heterocycles. The Labute approximate surface area is 332 Å². The van der Waals surface area contributed by atoms with Crippen LogP contribution < -0.4 is 20.7 Å². The Morgan fingerprint density at radius 3 is 2.40 bits per heavy atom. The number of benzene rings is 2. The summed E-state index contributed by atoms with van der Waals surface area (Å²) in [7, 11) is -4.03. The van der Waals surface area contributed by atoms with Crippen molar-refractivity contribution in [2.75, 3.05) is 50.0 Å². The lowest BCUT2D eigenvalue weighted by atomic mass is 10.2. The second kappa shape index (κ2) is 19.3. The molecule has 5 rings (SSSR count). The maximum absolute atomic E-state index is 13.8. The molecule has 0 atom stereocenters. The van der Waals surface area contributed by atoms with E-state index in [0.717, 1.165) is 21.8 Å². The van der Waals surface area contributed by atoms with Gasteiger partial charge in [0, 0.05) is 26.2 Å². The smallest absolute Gasteiger partial charge is 0.413 e. The van der Waals surface area contributed by atoms with Gasteiger partial charge in [0.15, 0.2) is 17.0 Å². The fourth-order valence-electron chi connectivity index (χ4n) is 5.12. The molecule has 57 heavy (non-hydrogen) atoms. The van der Waals surface area contributed by atoms with Gasteiger partial charge in [-0.25, -0.2) is 32.7 Å². The van der Waals surface area contributed by atoms with Gasteiger partial charge < -0.3 is 34.3 Å². The molecule has 0 aliphatic rings. The Kier molecular flexibility index (Phi) is 14.3. The zero-order valence-electron chi connectivity index (χ0n) is 31.8. The molecular weight excluding hydrogens is 781 g/mol. The molecule has 3 amide bonds. The van der Waals surface area contributed by atoms with Crippen molar-refractivity contribution in [3.8, 4) is 0 Å². The lowest BCUT2D eigenvalue weighted by molar-refractivity contribution is -0.149.